The van der Waals surface area contributed by atoms with Crippen LogP contribution < -0.4 is 25.0 Å². The van der Waals surface area contributed by atoms with Gasteiger partial charge >= 0.3 is 0 Å². The fourth-order valence-electron chi connectivity index (χ4n) is 2.85. The maximum atomic E-state index is 13.8. The Hall–Kier alpha value is -4.12. The van der Waals surface area contributed by atoms with Crippen molar-refractivity contribution in [3.63, 3.8) is 0 Å². The lowest BCUT2D eigenvalue weighted by Crippen LogP contribution is -2.41. The second-order valence-corrected chi connectivity index (χ2v) is 8.27. The zero-order chi connectivity index (χ0) is 22.7. The van der Waals surface area contributed by atoms with Crippen LogP contribution in [0.15, 0.2) is 71.6 Å². The smallest absolute Gasteiger partial charge is 0.269 e. The zero-order valence-electron chi connectivity index (χ0n) is 16.3. The average Bonchev–Trinajstić information content (AvgIpc) is 3.26. The third kappa shape index (κ3) is 4.47. The topological polar surface area (TPSA) is 123 Å². The van der Waals surface area contributed by atoms with Crippen molar-refractivity contribution in [2.75, 3.05) is 11.5 Å². The molecule has 1 heterocycles. The number of hydrazine groups is 1. The van der Waals surface area contributed by atoms with Gasteiger partial charge in [0.25, 0.3) is 21.8 Å². The standard InChI is InChI=1S/C21H16FN3O6S/c22-16-6-1-2-7-17(16)25-32(28,29)15-5-3-4-13(10-15)20(26)23-24-21(27)14-8-9-18-19(11-14)31-12-30-18/h1-11,25H,12H2,(H,23,26)(H,24,27). The molecule has 0 saturated carbocycles. The van der Waals surface area contributed by atoms with Gasteiger partial charge < -0.3 is 9.47 Å². The van der Waals surface area contributed by atoms with Crippen molar-refractivity contribution in [3.05, 3.63) is 83.7 Å². The summed E-state index contributed by atoms with van der Waals surface area (Å²) in [7, 11) is -4.16. The molecule has 32 heavy (non-hydrogen) atoms. The Morgan fingerprint density at radius 3 is 2.25 bits per heavy atom. The highest BCUT2D eigenvalue weighted by Crippen LogP contribution is 2.32. The highest BCUT2D eigenvalue weighted by Gasteiger charge is 2.19. The van der Waals surface area contributed by atoms with Gasteiger partial charge in [0.2, 0.25) is 6.79 Å². The van der Waals surface area contributed by atoms with Crippen molar-refractivity contribution in [3.8, 4) is 11.5 Å². The first kappa shape index (κ1) is 21.1. The molecule has 3 aromatic carbocycles. The van der Waals surface area contributed by atoms with Crippen LogP contribution in [0.4, 0.5) is 10.1 Å². The van der Waals surface area contributed by atoms with Crippen LogP contribution >= 0.6 is 0 Å². The quantitative estimate of drug-likeness (QED) is 0.506. The summed E-state index contributed by atoms with van der Waals surface area (Å²) >= 11 is 0. The first-order valence-corrected chi connectivity index (χ1v) is 10.7. The summed E-state index contributed by atoms with van der Waals surface area (Å²) in [5.74, 6) is -1.18. The van der Waals surface area contributed by atoms with E-state index in [0.29, 0.717) is 11.5 Å². The van der Waals surface area contributed by atoms with E-state index in [1.54, 1.807) is 6.07 Å². The Bertz CT molecular complexity index is 1310. The van der Waals surface area contributed by atoms with Crippen molar-refractivity contribution >= 4 is 27.5 Å². The number of amides is 2. The fourth-order valence-corrected chi connectivity index (χ4v) is 3.96. The van der Waals surface area contributed by atoms with Crippen LogP contribution in [0.5, 0.6) is 11.5 Å². The summed E-state index contributed by atoms with van der Waals surface area (Å²) in [6.07, 6.45) is 0. The van der Waals surface area contributed by atoms with E-state index in [9.17, 15) is 22.4 Å². The molecule has 3 N–H and O–H groups in total. The summed E-state index contributed by atoms with van der Waals surface area (Å²) in [4.78, 5) is 24.4. The van der Waals surface area contributed by atoms with Gasteiger partial charge in [0.1, 0.15) is 5.82 Å². The highest BCUT2D eigenvalue weighted by molar-refractivity contribution is 7.92. The Morgan fingerprint density at radius 1 is 0.812 bits per heavy atom. The number of hydrogen-bond acceptors (Lipinski definition) is 6. The van der Waals surface area contributed by atoms with E-state index in [0.717, 1.165) is 12.1 Å². The molecule has 3 aromatic rings. The highest BCUT2D eigenvalue weighted by atomic mass is 32.2. The van der Waals surface area contributed by atoms with Gasteiger partial charge in [0.05, 0.1) is 10.6 Å². The molecule has 0 unspecified atom stereocenters. The van der Waals surface area contributed by atoms with Crippen LogP contribution in [0.1, 0.15) is 20.7 Å². The summed E-state index contributed by atoms with van der Waals surface area (Å²) in [5.41, 5.74) is 4.42. The molecule has 9 nitrogen and oxygen atoms in total. The molecule has 4 rings (SSSR count). The lowest BCUT2D eigenvalue weighted by atomic mass is 10.2. The molecule has 0 radical (unpaired) electrons. The molecule has 0 spiro atoms. The number of fused-ring (bicyclic) bond motifs is 1. The van der Waals surface area contributed by atoms with Crippen LogP contribution in [0.2, 0.25) is 0 Å². The van der Waals surface area contributed by atoms with Gasteiger partial charge in [-0.15, -0.1) is 0 Å². The minimum atomic E-state index is -4.16. The number of ether oxygens (including phenoxy) is 2. The number of hydrogen-bond donors (Lipinski definition) is 3. The molecule has 0 bridgehead atoms. The van der Waals surface area contributed by atoms with E-state index in [4.69, 9.17) is 9.47 Å². The molecule has 1 aliphatic rings. The summed E-state index contributed by atoms with van der Waals surface area (Å²) in [5, 5.41) is 0. The summed E-state index contributed by atoms with van der Waals surface area (Å²) < 4.78 is 51.4. The van der Waals surface area contributed by atoms with Gasteiger partial charge in [-0.25, -0.2) is 12.8 Å². The van der Waals surface area contributed by atoms with Crippen molar-refractivity contribution in [1.29, 1.82) is 0 Å². The first-order chi connectivity index (χ1) is 15.3. The van der Waals surface area contributed by atoms with Crippen molar-refractivity contribution in [1.82, 2.24) is 10.9 Å². The predicted molar refractivity (Wildman–Crippen MR) is 111 cm³/mol. The molecule has 0 aliphatic carbocycles. The normalized spacial score (nSPS) is 12.2. The van der Waals surface area contributed by atoms with E-state index >= 15 is 0 Å². The van der Waals surface area contributed by atoms with Gasteiger partial charge in [0, 0.05) is 11.1 Å². The molecule has 2 amide bonds. The van der Waals surface area contributed by atoms with Crippen LogP contribution in [-0.2, 0) is 10.0 Å². The van der Waals surface area contributed by atoms with E-state index in [2.05, 4.69) is 15.6 Å². The Labute approximate surface area is 182 Å². The summed E-state index contributed by atoms with van der Waals surface area (Å²) in [6.45, 7) is 0.0577. The Balaban J connectivity index is 1.44. The van der Waals surface area contributed by atoms with E-state index in [-0.39, 0.29) is 28.5 Å². The lowest BCUT2D eigenvalue weighted by molar-refractivity contribution is 0.0846. The lowest BCUT2D eigenvalue weighted by Gasteiger charge is -2.11. The van der Waals surface area contributed by atoms with Gasteiger partial charge in [-0.05, 0) is 48.5 Å². The third-order valence-electron chi connectivity index (χ3n) is 4.45. The molecule has 0 atom stereocenters. The number of halogens is 1. The number of rotatable bonds is 5. The first-order valence-electron chi connectivity index (χ1n) is 9.21. The Morgan fingerprint density at radius 2 is 1.50 bits per heavy atom. The number of sulfonamides is 1. The molecule has 0 saturated heterocycles. The van der Waals surface area contributed by atoms with Gasteiger partial charge in [-0.2, -0.15) is 0 Å². The fraction of sp³-hybridized carbons (Fsp3) is 0.0476. The average molecular weight is 457 g/mol. The van der Waals surface area contributed by atoms with E-state index in [1.165, 1.54) is 48.5 Å². The number of carbonyl (C=O) groups is 2. The molecular formula is C21H16FN3O6S. The molecule has 11 heteroatoms. The largest absolute Gasteiger partial charge is 0.454 e. The minimum absolute atomic E-state index is 0.0348. The molecule has 164 valence electrons. The Kier molecular flexibility index (Phi) is 5.65. The molecular weight excluding hydrogens is 441 g/mol. The van der Waals surface area contributed by atoms with Gasteiger partial charge in [0.15, 0.2) is 11.5 Å². The third-order valence-corrected chi connectivity index (χ3v) is 5.81. The second-order valence-electron chi connectivity index (χ2n) is 6.59. The van der Waals surface area contributed by atoms with E-state index in [1.807, 2.05) is 0 Å². The van der Waals surface area contributed by atoms with Crippen LogP contribution in [-0.4, -0.2) is 27.0 Å². The van der Waals surface area contributed by atoms with Crippen LogP contribution in [0, 0.1) is 5.82 Å². The number of nitrogens with one attached hydrogen (secondary N) is 3. The van der Waals surface area contributed by atoms with Crippen LogP contribution in [0.25, 0.3) is 0 Å². The maximum Gasteiger partial charge on any atom is 0.269 e. The number of para-hydroxylation sites is 1. The number of anilines is 1. The summed E-state index contributed by atoms with van der Waals surface area (Å²) in [6, 6.07) is 14.9. The molecule has 0 fully saturated rings. The number of carbonyl (C=O) groups excluding carboxylic acids is 2. The van der Waals surface area contributed by atoms with E-state index < -0.39 is 27.7 Å². The van der Waals surface area contributed by atoms with Crippen molar-refractivity contribution in [2.45, 2.75) is 4.90 Å². The molecule has 1 aliphatic heterocycles. The van der Waals surface area contributed by atoms with Gasteiger partial charge in [-0.3, -0.25) is 25.2 Å². The van der Waals surface area contributed by atoms with Crippen LogP contribution in [0.3, 0.4) is 0 Å². The zero-order valence-corrected chi connectivity index (χ0v) is 17.1. The monoisotopic (exact) mass is 457 g/mol. The van der Waals surface area contributed by atoms with Crippen molar-refractivity contribution < 1.29 is 31.9 Å². The predicted octanol–water partition coefficient (Wildman–Crippen LogP) is 2.43. The van der Waals surface area contributed by atoms with Gasteiger partial charge in [-0.1, -0.05) is 18.2 Å². The minimum Gasteiger partial charge on any atom is -0.454 e. The SMILES string of the molecule is O=C(NNC(=O)c1ccc2c(c1)OCO2)c1cccc(S(=O)(=O)Nc2ccccc2F)c1. The second kappa shape index (κ2) is 8.55. The molecule has 0 aromatic heterocycles. The van der Waals surface area contributed by atoms with Crippen molar-refractivity contribution in [2.24, 2.45) is 0 Å². The maximum absolute atomic E-state index is 13.8. The number of benzene rings is 3.